The van der Waals surface area contributed by atoms with Gasteiger partial charge in [-0.05, 0) is 57.5 Å². The quantitative estimate of drug-likeness (QED) is 0.786. The van der Waals surface area contributed by atoms with Crippen molar-refractivity contribution in [2.24, 2.45) is 5.92 Å². The zero-order valence-electron chi connectivity index (χ0n) is 13.1. The minimum atomic E-state index is 0.0544. The first kappa shape index (κ1) is 15.3. The van der Waals surface area contributed by atoms with Gasteiger partial charge in [-0.2, -0.15) is 0 Å². The van der Waals surface area contributed by atoms with Gasteiger partial charge in [-0.25, -0.2) is 0 Å². The highest BCUT2D eigenvalue weighted by Gasteiger charge is 2.35. The third-order valence-corrected chi connectivity index (χ3v) is 5.41. The molecule has 21 heavy (non-hydrogen) atoms. The average Bonchev–Trinajstić information content (AvgIpc) is 2.98. The highest BCUT2D eigenvalue weighted by molar-refractivity contribution is 5.81. The Morgan fingerprint density at radius 1 is 1.33 bits per heavy atom. The Hall–Kier alpha value is -0.650. The number of methoxy groups -OCH3 is 1. The van der Waals surface area contributed by atoms with Gasteiger partial charge < -0.3 is 15.4 Å². The standard InChI is InChI=1S/C16H29N3O2/c1-21-14-8-13(9-14)19-7-3-4-12(11-19)10-18-16(20)15-5-2-6-17-15/h12-15,17H,2-11H2,1H3,(H,18,20). The van der Waals surface area contributed by atoms with Gasteiger partial charge in [-0.15, -0.1) is 0 Å². The molecule has 3 fully saturated rings. The summed E-state index contributed by atoms with van der Waals surface area (Å²) in [5, 5.41) is 6.42. The van der Waals surface area contributed by atoms with Crippen molar-refractivity contribution in [1.82, 2.24) is 15.5 Å². The van der Waals surface area contributed by atoms with E-state index in [1.165, 1.54) is 32.2 Å². The Kier molecular flexibility index (Phi) is 5.14. The van der Waals surface area contributed by atoms with E-state index in [-0.39, 0.29) is 11.9 Å². The number of amides is 1. The van der Waals surface area contributed by atoms with Crippen molar-refractivity contribution in [3.8, 4) is 0 Å². The number of rotatable bonds is 5. The van der Waals surface area contributed by atoms with Crippen LogP contribution in [0.25, 0.3) is 0 Å². The van der Waals surface area contributed by atoms with Crippen LogP contribution in [0.5, 0.6) is 0 Å². The SMILES string of the molecule is COC1CC(N2CCCC(CNC(=O)C3CCCN3)C2)C1. The van der Waals surface area contributed by atoms with Gasteiger partial charge in [0, 0.05) is 26.2 Å². The monoisotopic (exact) mass is 295 g/mol. The summed E-state index contributed by atoms with van der Waals surface area (Å²) < 4.78 is 5.38. The van der Waals surface area contributed by atoms with Crippen LogP contribution < -0.4 is 10.6 Å². The van der Waals surface area contributed by atoms with Gasteiger partial charge in [0.25, 0.3) is 0 Å². The third kappa shape index (κ3) is 3.76. The van der Waals surface area contributed by atoms with E-state index in [1.807, 2.05) is 7.11 Å². The fourth-order valence-corrected chi connectivity index (χ4v) is 3.90. The lowest BCUT2D eigenvalue weighted by Crippen LogP contribution is -2.53. The molecule has 0 spiro atoms. The molecule has 2 saturated heterocycles. The molecule has 0 bridgehead atoms. The molecule has 2 heterocycles. The minimum Gasteiger partial charge on any atom is -0.381 e. The molecule has 1 amide bonds. The summed E-state index contributed by atoms with van der Waals surface area (Å²) in [6, 6.07) is 0.767. The summed E-state index contributed by atoms with van der Waals surface area (Å²) in [5.74, 6) is 0.818. The molecule has 3 rings (SSSR count). The summed E-state index contributed by atoms with van der Waals surface area (Å²) in [5.41, 5.74) is 0. The molecule has 3 aliphatic rings. The lowest BCUT2D eigenvalue weighted by atomic mass is 9.85. The van der Waals surface area contributed by atoms with Crippen molar-refractivity contribution < 1.29 is 9.53 Å². The molecule has 0 aromatic rings. The molecular weight excluding hydrogens is 266 g/mol. The molecule has 2 aliphatic heterocycles. The van der Waals surface area contributed by atoms with Gasteiger partial charge in [0.15, 0.2) is 0 Å². The maximum Gasteiger partial charge on any atom is 0.237 e. The van der Waals surface area contributed by atoms with E-state index < -0.39 is 0 Å². The largest absolute Gasteiger partial charge is 0.381 e. The fourth-order valence-electron chi connectivity index (χ4n) is 3.90. The summed E-state index contributed by atoms with van der Waals surface area (Å²) in [6.07, 6.45) is 7.46. The Bertz CT molecular complexity index is 351. The number of carbonyl (C=O) groups excluding carboxylic acids is 1. The van der Waals surface area contributed by atoms with Gasteiger partial charge >= 0.3 is 0 Å². The summed E-state index contributed by atoms with van der Waals surface area (Å²) in [4.78, 5) is 14.7. The Morgan fingerprint density at radius 3 is 2.90 bits per heavy atom. The number of carbonyl (C=O) groups is 1. The summed E-state index contributed by atoms with van der Waals surface area (Å²) in [6.45, 7) is 4.18. The molecule has 5 nitrogen and oxygen atoms in total. The van der Waals surface area contributed by atoms with Crippen LogP contribution in [0.4, 0.5) is 0 Å². The van der Waals surface area contributed by atoms with Crippen molar-refractivity contribution in [1.29, 1.82) is 0 Å². The lowest BCUT2D eigenvalue weighted by molar-refractivity contribution is -0.123. The van der Waals surface area contributed by atoms with Crippen LogP contribution in [0.3, 0.4) is 0 Å². The number of hydrogen-bond acceptors (Lipinski definition) is 4. The zero-order valence-corrected chi connectivity index (χ0v) is 13.1. The Balaban J connectivity index is 1.38. The van der Waals surface area contributed by atoms with Gasteiger partial charge in [-0.1, -0.05) is 0 Å². The third-order valence-electron chi connectivity index (χ3n) is 5.41. The van der Waals surface area contributed by atoms with Gasteiger partial charge in [0.1, 0.15) is 0 Å². The van der Waals surface area contributed by atoms with Crippen LogP contribution >= 0.6 is 0 Å². The Labute approximate surface area is 127 Å². The molecule has 2 atom stereocenters. The molecule has 2 unspecified atom stereocenters. The molecule has 120 valence electrons. The van der Waals surface area contributed by atoms with Crippen molar-refractivity contribution in [3.63, 3.8) is 0 Å². The van der Waals surface area contributed by atoms with Crippen LogP contribution in [0.1, 0.15) is 38.5 Å². The smallest absolute Gasteiger partial charge is 0.237 e. The number of ether oxygens (including phenoxy) is 1. The second-order valence-electron chi connectivity index (χ2n) is 6.88. The molecule has 0 aromatic carbocycles. The number of nitrogens with zero attached hydrogens (tertiary/aromatic N) is 1. The van der Waals surface area contributed by atoms with Gasteiger partial charge in [0.05, 0.1) is 12.1 Å². The highest BCUT2D eigenvalue weighted by atomic mass is 16.5. The number of hydrogen-bond donors (Lipinski definition) is 2. The van der Waals surface area contributed by atoms with E-state index in [0.29, 0.717) is 18.1 Å². The van der Waals surface area contributed by atoms with E-state index in [0.717, 1.165) is 32.5 Å². The van der Waals surface area contributed by atoms with Crippen molar-refractivity contribution in [2.75, 3.05) is 33.3 Å². The minimum absolute atomic E-state index is 0.0544. The summed E-state index contributed by atoms with van der Waals surface area (Å²) >= 11 is 0. The first-order valence-corrected chi connectivity index (χ1v) is 8.54. The van der Waals surface area contributed by atoms with Crippen molar-refractivity contribution >= 4 is 5.91 Å². The maximum atomic E-state index is 12.0. The first-order valence-electron chi connectivity index (χ1n) is 8.54. The topological polar surface area (TPSA) is 53.6 Å². The first-order chi connectivity index (χ1) is 10.3. The molecule has 1 saturated carbocycles. The van der Waals surface area contributed by atoms with Crippen LogP contribution in [-0.4, -0.2) is 62.3 Å². The number of nitrogens with one attached hydrogen (secondary N) is 2. The summed E-state index contributed by atoms with van der Waals surface area (Å²) in [7, 11) is 1.81. The lowest BCUT2D eigenvalue weighted by Gasteiger charge is -2.45. The van der Waals surface area contributed by atoms with Crippen LogP contribution in [0, 0.1) is 5.92 Å². The normalized spacial score (nSPS) is 37.2. The van der Waals surface area contributed by atoms with Crippen LogP contribution in [0.2, 0.25) is 0 Å². The van der Waals surface area contributed by atoms with Gasteiger partial charge in [0.2, 0.25) is 5.91 Å². The van der Waals surface area contributed by atoms with Crippen molar-refractivity contribution in [2.45, 2.75) is 56.7 Å². The predicted molar refractivity (Wildman–Crippen MR) is 82.2 cm³/mol. The van der Waals surface area contributed by atoms with E-state index in [1.54, 1.807) is 0 Å². The van der Waals surface area contributed by atoms with Crippen molar-refractivity contribution in [3.05, 3.63) is 0 Å². The van der Waals surface area contributed by atoms with Gasteiger partial charge in [-0.3, -0.25) is 9.69 Å². The highest BCUT2D eigenvalue weighted by Crippen LogP contribution is 2.31. The molecule has 0 aromatic heterocycles. The molecule has 5 heteroatoms. The van der Waals surface area contributed by atoms with Crippen LogP contribution in [-0.2, 0) is 9.53 Å². The molecular formula is C16H29N3O2. The predicted octanol–water partition coefficient (Wildman–Crippen LogP) is 0.744. The second kappa shape index (κ2) is 7.07. The zero-order chi connectivity index (χ0) is 14.7. The number of piperidine rings is 1. The maximum absolute atomic E-state index is 12.0. The second-order valence-corrected chi connectivity index (χ2v) is 6.88. The van der Waals surface area contributed by atoms with Crippen LogP contribution in [0.15, 0.2) is 0 Å². The van der Waals surface area contributed by atoms with E-state index in [4.69, 9.17) is 4.74 Å². The molecule has 1 aliphatic carbocycles. The molecule has 2 N–H and O–H groups in total. The average molecular weight is 295 g/mol. The van der Waals surface area contributed by atoms with E-state index >= 15 is 0 Å². The Morgan fingerprint density at radius 2 is 2.19 bits per heavy atom. The van der Waals surface area contributed by atoms with E-state index in [2.05, 4.69) is 15.5 Å². The fraction of sp³-hybridized carbons (Fsp3) is 0.938. The molecule has 0 radical (unpaired) electrons. The van der Waals surface area contributed by atoms with E-state index in [9.17, 15) is 4.79 Å². The number of likely N-dealkylation sites (tertiary alicyclic amines) is 1.